The first-order chi connectivity index (χ1) is 17.4. The summed E-state index contributed by atoms with van der Waals surface area (Å²) in [5.41, 5.74) is 2.90. The van der Waals surface area contributed by atoms with Crippen molar-refractivity contribution in [2.24, 2.45) is 0 Å². The molecule has 5 nitrogen and oxygen atoms in total. The molecule has 0 unspecified atom stereocenters. The monoisotopic (exact) mass is 557 g/mol. The topological polar surface area (TPSA) is 63.7 Å². The first-order valence-corrected chi connectivity index (χ1v) is 12.8. The summed E-state index contributed by atoms with van der Waals surface area (Å²) in [6.45, 7) is 2.16. The van der Waals surface area contributed by atoms with E-state index >= 15 is 0 Å². The minimum Gasteiger partial charge on any atom is -0.422 e. The third kappa shape index (κ3) is 4.98. The SMILES string of the molecule is Cc1cccc(CN2C(=O)S/C(=C\c3cc(Br)ccc3OC(=O)c3cccc4ccccc34)C2=O)c1. The zero-order chi connectivity index (χ0) is 25.2. The zero-order valence-electron chi connectivity index (χ0n) is 19.2. The van der Waals surface area contributed by atoms with Crippen LogP contribution in [0.3, 0.4) is 0 Å². The number of nitrogens with zero attached hydrogens (tertiary/aromatic N) is 1. The second-order valence-corrected chi connectivity index (χ2v) is 10.3. The van der Waals surface area contributed by atoms with Crippen LogP contribution in [0.4, 0.5) is 4.79 Å². The van der Waals surface area contributed by atoms with Gasteiger partial charge in [-0.2, -0.15) is 0 Å². The molecular weight excluding hydrogens is 538 g/mol. The van der Waals surface area contributed by atoms with E-state index in [9.17, 15) is 14.4 Å². The lowest BCUT2D eigenvalue weighted by atomic mass is 10.0. The van der Waals surface area contributed by atoms with Crippen molar-refractivity contribution in [2.75, 3.05) is 0 Å². The number of carbonyl (C=O) groups is 3. The first kappa shape index (κ1) is 24.0. The Morgan fingerprint density at radius 1 is 0.972 bits per heavy atom. The Morgan fingerprint density at radius 3 is 2.58 bits per heavy atom. The number of hydrogen-bond acceptors (Lipinski definition) is 5. The maximum atomic E-state index is 13.1. The lowest BCUT2D eigenvalue weighted by Gasteiger charge is -2.13. The molecule has 5 rings (SSSR count). The van der Waals surface area contributed by atoms with Gasteiger partial charge < -0.3 is 4.74 Å². The van der Waals surface area contributed by atoms with E-state index in [2.05, 4.69) is 15.9 Å². The number of ether oxygens (including phenoxy) is 1. The van der Waals surface area contributed by atoms with Gasteiger partial charge in [0.2, 0.25) is 0 Å². The summed E-state index contributed by atoms with van der Waals surface area (Å²) < 4.78 is 6.53. The Hall–Kier alpha value is -3.68. The van der Waals surface area contributed by atoms with E-state index in [0.29, 0.717) is 16.9 Å². The molecule has 0 aliphatic carbocycles. The number of esters is 1. The molecule has 1 saturated heterocycles. The highest BCUT2D eigenvalue weighted by atomic mass is 79.9. The summed E-state index contributed by atoms with van der Waals surface area (Å²) in [5, 5.41) is 1.39. The van der Waals surface area contributed by atoms with E-state index in [0.717, 1.165) is 38.1 Å². The third-order valence-electron chi connectivity index (χ3n) is 5.77. The van der Waals surface area contributed by atoms with Gasteiger partial charge >= 0.3 is 5.97 Å². The fraction of sp³-hybridized carbons (Fsp3) is 0.0690. The predicted molar refractivity (Wildman–Crippen MR) is 146 cm³/mol. The molecule has 36 heavy (non-hydrogen) atoms. The average molecular weight is 558 g/mol. The van der Waals surface area contributed by atoms with Crippen molar-refractivity contribution in [3.05, 3.63) is 117 Å². The van der Waals surface area contributed by atoms with Crippen LogP contribution >= 0.6 is 27.7 Å². The molecule has 178 valence electrons. The Bertz CT molecular complexity index is 1560. The number of thioether (sulfide) groups is 1. The van der Waals surface area contributed by atoms with Crippen LogP contribution in [0.5, 0.6) is 5.75 Å². The van der Waals surface area contributed by atoms with Crippen LogP contribution < -0.4 is 4.74 Å². The van der Waals surface area contributed by atoms with Gasteiger partial charge in [-0.15, -0.1) is 0 Å². The smallest absolute Gasteiger partial charge is 0.344 e. The molecule has 4 aromatic rings. The molecule has 1 fully saturated rings. The number of hydrogen-bond donors (Lipinski definition) is 0. The van der Waals surface area contributed by atoms with Crippen molar-refractivity contribution in [1.29, 1.82) is 0 Å². The van der Waals surface area contributed by atoms with Gasteiger partial charge in [-0.1, -0.05) is 82.2 Å². The van der Waals surface area contributed by atoms with E-state index in [-0.39, 0.29) is 22.6 Å². The summed E-state index contributed by atoms with van der Waals surface area (Å²) in [5.74, 6) is -0.587. The lowest BCUT2D eigenvalue weighted by molar-refractivity contribution is -0.123. The van der Waals surface area contributed by atoms with Crippen LogP contribution in [-0.2, 0) is 11.3 Å². The number of imide groups is 1. The molecule has 1 heterocycles. The van der Waals surface area contributed by atoms with Gasteiger partial charge in [-0.05, 0) is 65.4 Å². The number of aryl methyl sites for hydroxylation is 1. The molecule has 0 aromatic heterocycles. The van der Waals surface area contributed by atoms with Crippen molar-refractivity contribution in [1.82, 2.24) is 4.90 Å². The molecule has 1 aliphatic heterocycles. The molecule has 0 spiro atoms. The van der Waals surface area contributed by atoms with Crippen LogP contribution in [0.1, 0.15) is 27.0 Å². The van der Waals surface area contributed by atoms with Crippen molar-refractivity contribution in [2.45, 2.75) is 13.5 Å². The molecule has 0 bridgehead atoms. The number of rotatable bonds is 5. The van der Waals surface area contributed by atoms with E-state index in [1.54, 1.807) is 30.3 Å². The van der Waals surface area contributed by atoms with Crippen LogP contribution in [0.25, 0.3) is 16.8 Å². The van der Waals surface area contributed by atoms with Gasteiger partial charge in [0.15, 0.2) is 0 Å². The van der Waals surface area contributed by atoms with Crippen molar-refractivity contribution < 1.29 is 19.1 Å². The van der Waals surface area contributed by atoms with E-state index in [1.807, 2.05) is 67.6 Å². The summed E-state index contributed by atoms with van der Waals surface area (Å²) in [7, 11) is 0. The van der Waals surface area contributed by atoms with Crippen LogP contribution in [-0.4, -0.2) is 22.0 Å². The minimum atomic E-state index is -0.503. The van der Waals surface area contributed by atoms with Gasteiger partial charge in [0, 0.05) is 10.0 Å². The van der Waals surface area contributed by atoms with Crippen molar-refractivity contribution >= 4 is 61.7 Å². The van der Waals surface area contributed by atoms with Crippen LogP contribution in [0.2, 0.25) is 0 Å². The molecule has 1 aliphatic rings. The van der Waals surface area contributed by atoms with Gasteiger partial charge in [-0.3, -0.25) is 14.5 Å². The van der Waals surface area contributed by atoms with Crippen LogP contribution in [0.15, 0.2) is 94.3 Å². The molecule has 0 N–H and O–H groups in total. The van der Waals surface area contributed by atoms with E-state index in [4.69, 9.17) is 4.74 Å². The second kappa shape index (κ2) is 10.1. The molecule has 0 saturated carbocycles. The maximum absolute atomic E-state index is 13.1. The quantitative estimate of drug-likeness (QED) is 0.145. The molecule has 0 radical (unpaired) electrons. The van der Waals surface area contributed by atoms with Gasteiger partial charge in [0.25, 0.3) is 11.1 Å². The van der Waals surface area contributed by atoms with E-state index in [1.165, 1.54) is 4.90 Å². The lowest BCUT2D eigenvalue weighted by Crippen LogP contribution is -2.27. The summed E-state index contributed by atoms with van der Waals surface area (Å²) in [6.07, 6.45) is 1.59. The van der Waals surface area contributed by atoms with Gasteiger partial charge in [-0.25, -0.2) is 4.79 Å². The fourth-order valence-corrected chi connectivity index (χ4v) is 5.26. The highest BCUT2D eigenvalue weighted by Crippen LogP contribution is 2.36. The standard InChI is InChI=1S/C29H20BrNO4S/c1-18-6-4-7-19(14-18)17-31-27(32)26(36-29(31)34)16-21-15-22(30)12-13-25(21)35-28(33)24-11-5-9-20-8-2-3-10-23(20)24/h2-16H,17H2,1H3/b26-16-. The highest BCUT2D eigenvalue weighted by molar-refractivity contribution is 9.10. The third-order valence-corrected chi connectivity index (χ3v) is 7.17. The second-order valence-electron chi connectivity index (χ2n) is 8.36. The Labute approximate surface area is 220 Å². The number of carbonyl (C=O) groups excluding carboxylic acids is 3. The summed E-state index contributed by atoms with van der Waals surface area (Å²) in [6, 6.07) is 25.9. The number of benzene rings is 4. The number of amides is 2. The summed E-state index contributed by atoms with van der Waals surface area (Å²) >= 11 is 4.31. The molecule has 2 amide bonds. The van der Waals surface area contributed by atoms with Gasteiger partial charge in [0.1, 0.15) is 5.75 Å². The number of fused-ring (bicyclic) bond motifs is 1. The first-order valence-electron chi connectivity index (χ1n) is 11.2. The molecular formula is C29H20BrNO4S. The molecule has 4 aromatic carbocycles. The number of halogens is 1. The van der Waals surface area contributed by atoms with Crippen LogP contribution in [0, 0.1) is 6.92 Å². The maximum Gasteiger partial charge on any atom is 0.344 e. The summed E-state index contributed by atoms with van der Waals surface area (Å²) in [4.78, 5) is 40.3. The van der Waals surface area contributed by atoms with E-state index < -0.39 is 5.97 Å². The van der Waals surface area contributed by atoms with Crippen molar-refractivity contribution in [3.63, 3.8) is 0 Å². The Morgan fingerprint density at radius 2 is 1.75 bits per heavy atom. The Kier molecular flexibility index (Phi) is 6.76. The fourth-order valence-electron chi connectivity index (χ4n) is 4.05. The van der Waals surface area contributed by atoms with Crippen molar-refractivity contribution in [3.8, 4) is 5.75 Å². The molecule has 7 heteroatoms. The highest BCUT2D eigenvalue weighted by Gasteiger charge is 2.35. The largest absolute Gasteiger partial charge is 0.422 e. The molecule has 0 atom stereocenters. The normalized spacial score (nSPS) is 14.6. The zero-order valence-corrected chi connectivity index (χ0v) is 21.6. The Balaban J connectivity index is 1.43. The predicted octanol–water partition coefficient (Wildman–Crippen LogP) is 7.37. The minimum absolute atomic E-state index is 0.199. The average Bonchev–Trinajstić information content (AvgIpc) is 3.12. The van der Waals surface area contributed by atoms with Gasteiger partial charge in [0.05, 0.1) is 17.0 Å².